The normalized spacial score (nSPS) is 11.8. The number of sulfonamides is 1. The van der Waals surface area contributed by atoms with Crippen molar-refractivity contribution in [1.29, 1.82) is 0 Å². The minimum Gasteiger partial charge on any atom is -0.364 e. The standard InChI is InChI=1S/C6H10N2O3S/c1-5-6(4-11-8-5)3-7-12(2,9)10/h4,7H,3H2,1-2H3. The lowest BCUT2D eigenvalue weighted by molar-refractivity contribution is 0.414. The fraction of sp³-hybridized carbons (Fsp3) is 0.500. The average molecular weight is 190 g/mol. The molecule has 0 aromatic carbocycles. The molecule has 1 rings (SSSR count). The van der Waals surface area contributed by atoms with Gasteiger partial charge in [-0.25, -0.2) is 13.1 Å². The van der Waals surface area contributed by atoms with Crippen molar-refractivity contribution in [2.75, 3.05) is 6.26 Å². The van der Waals surface area contributed by atoms with Crippen LogP contribution in [0.3, 0.4) is 0 Å². The molecule has 0 aliphatic carbocycles. The summed E-state index contributed by atoms with van der Waals surface area (Å²) in [5.74, 6) is 0. The molecule has 1 heterocycles. The third-order valence-electron chi connectivity index (χ3n) is 1.37. The molecule has 0 aliphatic rings. The van der Waals surface area contributed by atoms with Crippen LogP contribution in [0.1, 0.15) is 11.3 Å². The number of aryl methyl sites for hydroxylation is 1. The first-order chi connectivity index (χ1) is 5.49. The van der Waals surface area contributed by atoms with Crippen LogP contribution < -0.4 is 4.72 Å². The van der Waals surface area contributed by atoms with Gasteiger partial charge in [-0.15, -0.1) is 0 Å². The van der Waals surface area contributed by atoms with Gasteiger partial charge in [0.25, 0.3) is 0 Å². The summed E-state index contributed by atoms with van der Waals surface area (Å²) in [5, 5.41) is 3.61. The molecule has 12 heavy (non-hydrogen) atoms. The Hall–Kier alpha value is -0.880. The Kier molecular flexibility index (Phi) is 2.49. The third-order valence-corrected chi connectivity index (χ3v) is 2.04. The van der Waals surface area contributed by atoms with Crippen molar-refractivity contribution in [3.8, 4) is 0 Å². The lowest BCUT2D eigenvalue weighted by Crippen LogP contribution is -2.21. The van der Waals surface area contributed by atoms with E-state index in [1.807, 2.05) is 0 Å². The van der Waals surface area contributed by atoms with Crippen molar-refractivity contribution < 1.29 is 12.9 Å². The van der Waals surface area contributed by atoms with Crippen molar-refractivity contribution in [2.24, 2.45) is 0 Å². The van der Waals surface area contributed by atoms with E-state index in [4.69, 9.17) is 0 Å². The molecule has 0 bridgehead atoms. The zero-order valence-corrected chi connectivity index (χ0v) is 7.68. The van der Waals surface area contributed by atoms with Gasteiger partial charge in [-0.2, -0.15) is 0 Å². The van der Waals surface area contributed by atoms with E-state index in [-0.39, 0.29) is 6.54 Å². The number of hydrogen-bond acceptors (Lipinski definition) is 4. The van der Waals surface area contributed by atoms with Crippen LogP contribution >= 0.6 is 0 Å². The molecule has 0 atom stereocenters. The van der Waals surface area contributed by atoms with Crippen LogP contribution in [0.15, 0.2) is 10.8 Å². The Balaban J connectivity index is 2.61. The molecular weight excluding hydrogens is 180 g/mol. The Morgan fingerprint density at radius 3 is 2.75 bits per heavy atom. The van der Waals surface area contributed by atoms with Gasteiger partial charge in [-0.05, 0) is 6.92 Å². The fourth-order valence-electron chi connectivity index (χ4n) is 0.691. The molecule has 0 saturated carbocycles. The van der Waals surface area contributed by atoms with Gasteiger partial charge in [0.05, 0.1) is 11.9 Å². The summed E-state index contributed by atoms with van der Waals surface area (Å²) < 4.78 is 28.3. The van der Waals surface area contributed by atoms with E-state index in [1.165, 1.54) is 6.26 Å². The van der Waals surface area contributed by atoms with Gasteiger partial charge in [0.2, 0.25) is 10.0 Å². The Labute approximate surface area is 70.8 Å². The quantitative estimate of drug-likeness (QED) is 0.730. The molecule has 0 radical (unpaired) electrons. The number of hydrogen-bond donors (Lipinski definition) is 1. The second-order valence-corrected chi connectivity index (χ2v) is 4.35. The Morgan fingerprint density at radius 2 is 2.33 bits per heavy atom. The number of nitrogens with zero attached hydrogens (tertiary/aromatic N) is 1. The zero-order valence-electron chi connectivity index (χ0n) is 6.86. The summed E-state index contributed by atoms with van der Waals surface area (Å²) in [4.78, 5) is 0. The minimum atomic E-state index is -3.14. The molecule has 1 N–H and O–H groups in total. The van der Waals surface area contributed by atoms with Crippen LogP contribution in [0.2, 0.25) is 0 Å². The van der Waals surface area contributed by atoms with Crippen LogP contribution in [0.25, 0.3) is 0 Å². The highest BCUT2D eigenvalue weighted by Gasteiger charge is 2.05. The van der Waals surface area contributed by atoms with E-state index < -0.39 is 10.0 Å². The largest absolute Gasteiger partial charge is 0.364 e. The summed E-state index contributed by atoms with van der Waals surface area (Å²) in [7, 11) is -3.14. The molecule has 0 aliphatic heterocycles. The molecule has 0 unspecified atom stereocenters. The summed E-state index contributed by atoms with van der Waals surface area (Å²) in [5.41, 5.74) is 1.45. The van der Waals surface area contributed by atoms with E-state index >= 15 is 0 Å². The molecule has 0 amide bonds. The maximum Gasteiger partial charge on any atom is 0.209 e. The van der Waals surface area contributed by atoms with Gasteiger partial charge in [0.1, 0.15) is 6.26 Å². The van der Waals surface area contributed by atoms with Gasteiger partial charge in [-0.3, -0.25) is 0 Å². The maximum atomic E-state index is 10.7. The van der Waals surface area contributed by atoms with E-state index in [2.05, 4.69) is 14.4 Å². The van der Waals surface area contributed by atoms with Gasteiger partial charge >= 0.3 is 0 Å². The first-order valence-electron chi connectivity index (χ1n) is 3.33. The summed E-state index contributed by atoms with van der Waals surface area (Å²) >= 11 is 0. The molecule has 1 aromatic heterocycles. The smallest absolute Gasteiger partial charge is 0.209 e. The number of nitrogens with one attached hydrogen (secondary N) is 1. The van der Waals surface area contributed by atoms with Crippen LogP contribution in [-0.4, -0.2) is 19.8 Å². The first-order valence-corrected chi connectivity index (χ1v) is 5.22. The van der Waals surface area contributed by atoms with Gasteiger partial charge in [-0.1, -0.05) is 5.16 Å². The van der Waals surface area contributed by atoms with Gasteiger partial charge in [0.15, 0.2) is 0 Å². The first kappa shape index (κ1) is 9.21. The van der Waals surface area contributed by atoms with Crippen LogP contribution in [0.4, 0.5) is 0 Å². The second kappa shape index (κ2) is 3.24. The molecular formula is C6H10N2O3S. The zero-order chi connectivity index (χ0) is 9.19. The van der Waals surface area contributed by atoms with Crippen molar-refractivity contribution >= 4 is 10.0 Å². The van der Waals surface area contributed by atoms with Crippen molar-refractivity contribution in [1.82, 2.24) is 9.88 Å². The molecule has 0 fully saturated rings. The van der Waals surface area contributed by atoms with Gasteiger partial charge < -0.3 is 4.52 Å². The highest BCUT2D eigenvalue weighted by molar-refractivity contribution is 7.88. The Bertz CT molecular complexity index is 355. The fourth-order valence-corrected chi connectivity index (χ4v) is 1.11. The Morgan fingerprint density at radius 1 is 1.67 bits per heavy atom. The summed E-state index contributed by atoms with van der Waals surface area (Å²) in [6, 6.07) is 0. The van der Waals surface area contributed by atoms with Crippen LogP contribution in [0, 0.1) is 6.92 Å². The highest BCUT2D eigenvalue weighted by atomic mass is 32.2. The maximum absolute atomic E-state index is 10.7. The van der Waals surface area contributed by atoms with Gasteiger partial charge in [0, 0.05) is 12.1 Å². The molecule has 0 saturated heterocycles. The second-order valence-electron chi connectivity index (χ2n) is 2.52. The van der Waals surface area contributed by atoms with E-state index in [0.717, 1.165) is 11.8 Å². The molecule has 6 heteroatoms. The average Bonchev–Trinajstić information content (AvgIpc) is 2.29. The lowest BCUT2D eigenvalue weighted by Gasteiger charge is -1.98. The van der Waals surface area contributed by atoms with E-state index in [1.54, 1.807) is 6.92 Å². The predicted octanol–water partition coefficient (Wildman–Crippen LogP) is 0.0322. The lowest BCUT2D eigenvalue weighted by atomic mass is 10.3. The minimum absolute atomic E-state index is 0.230. The molecule has 68 valence electrons. The SMILES string of the molecule is Cc1nocc1CNS(C)(=O)=O. The van der Waals surface area contributed by atoms with E-state index in [9.17, 15) is 8.42 Å². The highest BCUT2D eigenvalue weighted by Crippen LogP contribution is 2.03. The van der Waals surface area contributed by atoms with Crippen LogP contribution in [0.5, 0.6) is 0 Å². The number of aromatic nitrogens is 1. The summed E-state index contributed by atoms with van der Waals surface area (Å²) in [6.45, 7) is 1.98. The molecule has 5 nitrogen and oxygen atoms in total. The van der Waals surface area contributed by atoms with Crippen molar-refractivity contribution in [2.45, 2.75) is 13.5 Å². The molecule has 1 aromatic rings. The van der Waals surface area contributed by atoms with Crippen molar-refractivity contribution in [3.05, 3.63) is 17.5 Å². The predicted molar refractivity (Wildman–Crippen MR) is 42.9 cm³/mol. The van der Waals surface area contributed by atoms with Crippen LogP contribution in [-0.2, 0) is 16.6 Å². The molecule has 0 spiro atoms. The van der Waals surface area contributed by atoms with E-state index in [0.29, 0.717) is 5.69 Å². The summed E-state index contributed by atoms with van der Waals surface area (Å²) in [6.07, 6.45) is 2.53. The number of rotatable bonds is 3. The van der Waals surface area contributed by atoms with Crippen molar-refractivity contribution in [3.63, 3.8) is 0 Å². The third kappa shape index (κ3) is 2.63. The topological polar surface area (TPSA) is 72.2 Å². The monoisotopic (exact) mass is 190 g/mol.